The van der Waals surface area contributed by atoms with Gasteiger partial charge in [-0.2, -0.15) is 0 Å². The fourth-order valence-electron chi connectivity index (χ4n) is 2.12. The van der Waals surface area contributed by atoms with Crippen LogP contribution >= 0.6 is 23.2 Å². The maximum absolute atomic E-state index is 11.8. The minimum absolute atomic E-state index is 0.202. The molecule has 1 unspecified atom stereocenters. The minimum atomic E-state index is -0.654. The normalized spacial score (nSPS) is 11.8. The lowest BCUT2D eigenvalue weighted by Gasteiger charge is -2.15. The number of carbonyl (C=O) groups excluding carboxylic acids is 1. The summed E-state index contributed by atoms with van der Waals surface area (Å²) in [5.74, 6) is 0.349. The molecule has 0 saturated carbocycles. The van der Waals surface area contributed by atoms with Gasteiger partial charge in [0.15, 0.2) is 6.10 Å². The molecule has 0 aliphatic rings. The smallest absolute Gasteiger partial charge is 0.253 e. The fraction of sp³-hybridized carbons (Fsp3) is 0.235. The first-order valence-corrected chi connectivity index (χ1v) is 7.72. The molecule has 2 rings (SSSR count). The molecule has 0 bridgehead atoms. The van der Waals surface area contributed by atoms with E-state index in [-0.39, 0.29) is 5.91 Å². The Morgan fingerprint density at radius 3 is 2.65 bits per heavy atom. The van der Waals surface area contributed by atoms with Crippen molar-refractivity contribution in [3.8, 4) is 5.75 Å². The van der Waals surface area contributed by atoms with Crippen molar-refractivity contribution in [3.05, 3.63) is 63.6 Å². The number of rotatable bonds is 6. The highest BCUT2D eigenvalue weighted by Gasteiger charge is 2.18. The van der Waals surface area contributed by atoms with Crippen molar-refractivity contribution >= 4 is 29.1 Å². The van der Waals surface area contributed by atoms with Crippen LogP contribution in [0.2, 0.25) is 10.0 Å². The van der Waals surface area contributed by atoms with Crippen molar-refractivity contribution in [2.24, 2.45) is 0 Å². The molecule has 0 heterocycles. The molecular formula is C17H17Cl2NO3. The van der Waals surface area contributed by atoms with E-state index in [2.05, 4.69) is 5.32 Å². The van der Waals surface area contributed by atoms with Crippen LogP contribution in [-0.2, 0) is 16.1 Å². The second kappa shape index (κ2) is 8.20. The average Bonchev–Trinajstić information content (AvgIpc) is 2.55. The summed E-state index contributed by atoms with van der Waals surface area (Å²) >= 11 is 11.9. The van der Waals surface area contributed by atoms with Gasteiger partial charge in [-0.3, -0.25) is 4.79 Å². The Hall–Kier alpha value is -1.75. The zero-order chi connectivity index (χ0) is 16.8. The van der Waals surface area contributed by atoms with Gasteiger partial charge in [0, 0.05) is 19.2 Å². The Morgan fingerprint density at radius 1 is 1.22 bits per heavy atom. The highest BCUT2D eigenvalue weighted by atomic mass is 35.5. The average molecular weight is 354 g/mol. The van der Waals surface area contributed by atoms with Crippen molar-refractivity contribution in [1.82, 2.24) is 5.32 Å². The first kappa shape index (κ1) is 17.6. The SMILES string of the molecule is CNC(=O)C(OC)c1cccc(COc2ccc(Cl)cc2Cl)c1. The second-order valence-electron chi connectivity index (χ2n) is 4.84. The van der Waals surface area contributed by atoms with Gasteiger partial charge < -0.3 is 14.8 Å². The number of ether oxygens (including phenoxy) is 2. The van der Waals surface area contributed by atoms with Crippen LogP contribution in [0.25, 0.3) is 0 Å². The van der Waals surface area contributed by atoms with Crippen LogP contribution in [0.15, 0.2) is 42.5 Å². The number of carbonyl (C=O) groups is 1. The molecule has 0 saturated heterocycles. The first-order chi connectivity index (χ1) is 11.0. The topological polar surface area (TPSA) is 47.6 Å². The number of nitrogens with one attached hydrogen (secondary N) is 1. The molecule has 1 N–H and O–H groups in total. The van der Waals surface area contributed by atoms with E-state index in [1.54, 1.807) is 25.2 Å². The monoisotopic (exact) mass is 353 g/mol. The van der Waals surface area contributed by atoms with Gasteiger partial charge in [0.1, 0.15) is 12.4 Å². The Morgan fingerprint density at radius 2 is 2.00 bits per heavy atom. The van der Waals surface area contributed by atoms with E-state index in [9.17, 15) is 4.79 Å². The molecule has 2 aromatic rings. The van der Waals surface area contributed by atoms with E-state index < -0.39 is 6.10 Å². The predicted molar refractivity (Wildman–Crippen MR) is 91.1 cm³/mol. The molecule has 0 aliphatic heterocycles. The van der Waals surface area contributed by atoms with E-state index >= 15 is 0 Å². The summed E-state index contributed by atoms with van der Waals surface area (Å²) in [5, 5.41) is 3.59. The van der Waals surface area contributed by atoms with E-state index in [4.69, 9.17) is 32.7 Å². The van der Waals surface area contributed by atoms with Gasteiger partial charge >= 0.3 is 0 Å². The standard InChI is InChI=1S/C17H17Cl2NO3/c1-20-17(21)16(22-2)12-5-3-4-11(8-12)10-23-15-7-6-13(18)9-14(15)19/h3-9,16H,10H2,1-2H3,(H,20,21). The van der Waals surface area contributed by atoms with Crippen LogP contribution in [0.5, 0.6) is 5.75 Å². The summed E-state index contributed by atoms with van der Waals surface area (Å²) in [6.45, 7) is 0.319. The van der Waals surface area contributed by atoms with Gasteiger partial charge in [-0.25, -0.2) is 0 Å². The summed E-state index contributed by atoms with van der Waals surface area (Å²) in [6, 6.07) is 12.5. The molecule has 4 nitrogen and oxygen atoms in total. The van der Waals surface area contributed by atoms with Crippen LogP contribution in [0.1, 0.15) is 17.2 Å². The quantitative estimate of drug-likeness (QED) is 0.853. The molecule has 1 amide bonds. The fourth-order valence-corrected chi connectivity index (χ4v) is 2.59. The van der Waals surface area contributed by atoms with Crippen LogP contribution < -0.4 is 10.1 Å². The largest absolute Gasteiger partial charge is 0.487 e. The molecule has 122 valence electrons. The van der Waals surface area contributed by atoms with Crippen molar-refractivity contribution in [3.63, 3.8) is 0 Å². The van der Waals surface area contributed by atoms with Crippen LogP contribution in [0.4, 0.5) is 0 Å². The molecule has 6 heteroatoms. The van der Waals surface area contributed by atoms with Crippen LogP contribution in [0.3, 0.4) is 0 Å². The maximum atomic E-state index is 11.8. The number of likely N-dealkylation sites (N-methyl/N-ethyl adjacent to an activating group) is 1. The van der Waals surface area contributed by atoms with Crippen molar-refractivity contribution in [1.29, 1.82) is 0 Å². The molecule has 23 heavy (non-hydrogen) atoms. The third-order valence-electron chi connectivity index (χ3n) is 3.26. The Bertz CT molecular complexity index is 691. The summed E-state index contributed by atoms with van der Waals surface area (Å²) in [5.41, 5.74) is 1.66. The first-order valence-electron chi connectivity index (χ1n) is 6.96. The van der Waals surface area contributed by atoms with Crippen LogP contribution in [0, 0.1) is 0 Å². The van der Waals surface area contributed by atoms with E-state index in [1.807, 2.05) is 24.3 Å². The lowest BCUT2D eigenvalue weighted by Crippen LogP contribution is -2.27. The number of methoxy groups -OCH3 is 1. The molecule has 2 aromatic carbocycles. The maximum Gasteiger partial charge on any atom is 0.253 e. The molecular weight excluding hydrogens is 337 g/mol. The number of benzene rings is 2. The van der Waals surface area contributed by atoms with Crippen LogP contribution in [-0.4, -0.2) is 20.1 Å². The summed E-state index contributed by atoms with van der Waals surface area (Å²) < 4.78 is 11.0. The van der Waals surface area contributed by atoms with E-state index in [1.165, 1.54) is 7.11 Å². The van der Waals surface area contributed by atoms with Gasteiger partial charge in [-0.1, -0.05) is 41.4 Å². The van der Waals surface area contributed by atoms with Crippen molar-refractivity contribution in [2.75, 3.05) is 14.2 Å². The van der Waals surface area contributed by atoms with E-state index in [0.717, 1.165) is 11.1 Å². The molecule has 0 spiro atoms. The summed E-state index contributed by atoms with van der Waals surface area (Å²) in [6.07, 6.45) is -0.654. The Labute approximate surface area is 145 Å². The number of hydrogen-bond acceptors (Lipinski definition) is 3. The van der Waals surface area contributed by atoms with Gasteiger partial charge in [-0.05, 0) is 35.4 Å². The zero-order valence-electron chi connectivity index (χ0n) is 12.8. The Balaban J connectivity index is 2.12. The third kappa shape index (κ3) is 4.61. The third-order valence-corrected chi connectivity index (χ3v) is 3.79. The number of hydrogen-bond donors (Lipinski definition) is 1. The van der Waals surface area contributed by atoms with Gasteiger partial charge in [0.2, 0.25) is 0 Å². The summed E-state index contributed by atoms with van der Waals surface area (Å²) in [7, 11) is 3.07. The second-order valence-corrected chi connectivity index (χ2v) is 5.68. The molecule has 0 radical (unpaired) electrons. The van der Waals surface area contributed by atoms with E-state index in [0.29, 0.717) is 22.4 Å². The van der Waals surface area contributed by atoms with Crippen molar-refractivity contribution in [2.45, 2.75) is 12.7 Å². The molecule has 0 aliphatic carbocycles. The van der Waals surface area contributed by atoms with Gasteiger partial charge in [0.05, 0.1) is 5.02 Å². The number of amides is 1. The summed E-state index contributed by atoms with van der Waals surface area (Å²) in [4.78, 5) is 11.8. The van der Waals surface area contributed by atoms with Gasteiger partial charge in [0.25, 0.3) is 5.91 Å². The Kier molecular flexibility index (Phi) is 6.28. The lowest BCUT2D eigenvalue weighted by atomic mass is 10.1. The van der Waals surface area contributed by atoms with Crippen molar-refractivity contribution < 1.29 is 14.3 Å². The highest BCUT2D eigenvalue weighted by molar-refractivity contribution is 6.35. The molecule has 0 aromatic heterocycles. The molecule has 0 fully saturated rings. The minimum Gasteiger partial charge on any atom is -0.487 e. The zero-order valence-corrected chi connectivity index (χ0v) is 14.3. The highest BCUT2D eigenvalue weighted by Crippen LogP contribution is 2.28. The van der Waals surface area contributed by atoms with Gasteiger partial charge in [-0.15, -0.1) is 0 Å². The molecule has 1 atom stereocenters. The number of halogens is 2. The predicted octanol–water partition coefficient (Wildman–Crippen LogP) is 4.01. The lowest BCUT2D eigenvalue weighted by molar-refractivity contribution is -0.130.